The Bertz CT molecular complexity index is 1380. The second-order valence-corrected chi connectivity index (χ2v) is 12.1. The molecule has 0 radical (unpaired) electrons. The van der Waals surface area contributed by atoms with Crippen molar-refractivity contribution in [2.24, 2.45) is 0 Å². The van der Waals surface area contributed by atoms with Gasteiger partial charge >= 0.3 is 11.8 Å². The van der Waals surface area contributed by atoms with Crippen molar-refractivity contribution in [1.82, 2.24) is 9.97 Å². The number of hydrogen-bond donors (Lipinski definition) is 2. The maximum absolute atomic E-state index is 14.0. The van der Waals surface area contributed by atoms with Gasteiger partial charge in [0.1, 0.15) is 23.6 Å². The smallest absolute Gasteiger partial charge is 0.416 e. The molecule has 5 rings (SSSR count). The average molecular weight is 578 g/mol. The number of aromatic nitrogens is 2. The van der Waals surface area contributed by atoms with Crippen molar-refractivity contribution < 1.29 is 37.8 Å². The van der Waals surface area contributed by atoms with Crippen molar-refractivity contribution in [1.29, 1.82) is 0 Å². The number of aliphatic hydroxyl groups is 1. The fourth-order valence-corrected chi connectivity index (χ4v) is 5.52. The first-order chi connectivity index (χ1) is 19.0. The summed E-state index contributed by atoms with van der Waals surface area (Å²) in [5, 5.41) is 26.1. The first-order valence-corrected chi connectivity index (χ1v) is 13.3. The molecule has 222 valence electrons. The number of fused-ring (bicyclic) bond motifs is 1. The van der Waals surface area contributed by atoms with E-state index in [1.807, 2.05) is 0 Å². The molecule has 3 fully saturated rings. The van der Waals surface area contributed by atoms with E-state index in [0.717, 1.165) is 17.0 Å². The van der Waals surface area contributed by atoms with Crippen LogP contribution in [0.5, 0.6) is 0 Å². The largest absolute Gasteiger partial charge is 0.443 e. The first-order valence-electron chi connectivity index (χ1n) is 13.3. The highest BCUT2D eigenvalue weighted by Gasteiger charge is 2.55. The molecule has 2 aromatic rings. The van der Waals surface area contributed by atoms with E-state index in [-0.39, 0.29) is 23.9 Å². The van der Waals surface area contributed by atoms with Gasteiger partial charge in [-0.05, 0) is 72.1 Å². The lowest BCUT2D eigenvalue weighted by molar-refractivity contribution is -0.383. The zero-order valence-electron chi connectivity index (χ0n) is 23.6. The highest BCUT2D eigenvalue weighted by Crippen LogP contribution is 2.49. The number of amides is 1. The molecule has 2 heterocycles. The Hall–Kier alpha value is -3.49. The Morgan fingerprint density at radius 1 is 1.20 bits per heavy atom. The standard InChI is InChI=1S/C27H33F2N5O7/c1-12-30-23(32-17-11-19(35)22-21(17)39-27(5,6)40-22)20(34(37)38)24(31-12)33(25(36)41-26(2,3)4)18-10-14(18)13-7-8-15(28)16(29)9-13/h7-9,14,17-19,21-22,35H,10-11H2,1-6H3,(H,30,31,32)/t14-,17+,18?,19-,21-,22+/m0/s1. The monoisotopic (exact) mass is 577 g/mol. The van der Waals surface area contributed by atoms with Gasteiger partial charge in [0.2, 0.25) is 11.6 Å². The summed E-state index contributed by atoms with van der Waals surface area (Å²) in [6.07, 6.45) is -2.51. The quantitative estimate of drug-likeness (QED) is 0.375. The third kappa shape index (κ3) is 5.81. The average Bonchev–Trinajstić information content (AvgIpc) is 3.46. The van der Waals surface area contributed by atoms with E-state index in [2.05, 4.69) is 15.3 Å². The number of aliphatic hydroxyl groups excluding tert-OH is 1. The lowest BCUT2D eigenvalue weighted by Gasteiger charge is -2.28. The normalized spacial score (nSPS) is 28.2. The van der Waals surface area contributed by atoms with Crippen molar-refractivity contribution in [3.05, 3.63) is 51.3 Å². The van der Waals surface area contributed by atoms with Gasteiger partial charge in [0, 0.05) is 12.0 Å². The van der Waals surface area contributed by atoms with Crippen LogP contribution in [0.2, 0.25) is 0 Å². The Balaban J connectivity index is 1.54. The number of benzene rings is 1. The van der Waals surface area contributed by atoms with Gasteiger partial charge in [-0.2, -0.15) is 0 Å². The van der Waals surface area contributed by atoms with E-state index in [1.54, 1.807) is 34.6 Å². The summed E-state index contributed by atoms with van der Waals surface area (Å²) in [6, 6.07) is 2.18. The van der Waals surface area contributed by atoms with E-state index in [1.165, 1.54) is 13.0 Å². The van der Waals surface area contributed by atoms with E-state index in [4.69, 9.17) is 14.2 Å². The number of halogens is 2. The maximum Gasteiger partial charge on any atom is 0.416 e. The van der Waals surface area contributed by atoms with Crippen molar-refractivity contribution >= 4 is 23.4 Å². The van der Waals surface area contributed by atoms with Crippen molar-refractivity contribution in [2.75, 3.05) is 10.2 Å². The van der Waals surface area contributed by atoms with Crippen LogP contribution in [0.15, 0.2) is 18.2 Å². The summed E-state index contributed by atoms with van der Waals surface area (Å²) in [7, 11) is 0. The molecule has 0 bridgehead atoms. The van der Waals surface area contributed by atoms with E-state index >= 15 is 0 Å². The summed E-state index contributed by atoms with van der Waals surface area (Å²) < 4.78 is 44.9. The van der Waals surface area contributed by atoms with E-state index < -0.39 is 76.0 Å². The van der Waals surface area contributed by atoms with Gasteiger partial charge in [-0.15, -0.1) is 0 Å². The van der Waals surface area contributed by atoms with Gasteiger partial charge in [0.25, 0.3) is 0 Å². The van der Waals surface area contributed by atoms with Gasteiger partial charge in [-0.3, -0.25) is 15.0 Å². The van der Waals surface area contributed by atoms with Crippen LogP contribution in [-0.4, -0.2) is 67.9 Å². The molecule has 12 nitrogen and oxygen atoms in total. The van der Waals surface area contributed by atoms with Gasteiger partial charge in [0.05, 0.1) is 17.1 Å². The number of hydrogen-bond acceptors (Lipinski definition) is 10. The SMILES string of the molecule is Cc1nc(N[C@@H]2C[C@H](O)[C@H]3OC(C)(C)O[C@H]32)c([N+](=O)[O-])c(N(C(=O)OC(C)(C)C)C2C[C@H]2c2ccc(F)c(F)c2)n1. The highest BCUT2D eigenvalue weighted by molar-refractivity contribution is 5.93. The van der Waals surface area contributed by atoms with Crippen LogP contribution in [0.4, 0.5) is 30.9 Å². The summed E-state index contributed by atoms with van der Waals surface area (Å²) in [5.41, 5.74) is -1.09. The fourth-order valence-electron chi connectivity index (χ4n) is 5.52. The third-order valence-electron chi connectivity index (χ3n) is 7.20. The number of carbonyl (C=O) groups is 1. The Morgan fingerprint density at radius 3 is 2.51 bits per heavy atom. The van der Waals surface area contributed by atoms with E-state index in [0.29, 0.717) is 12.0 Å². The number of aryl methyl sites for hydroxylation is 1. The molecule has 6 atom stereocenters. The van der Waals surface area contributed by atoms with Crippen LogP contribution >= 0.6 is 0 Å². The number of anilines is 2. The topological polar surface area (TPSA) is 149 Å². The van der Waals surface area contributed by atoms with E-state index in [9.17, 15) is 28.8 Å². The molecule has 2 N–H and O–H groups in total. The number of carbonyl (C=O) groups excluding carboxylic acids is 1. The number of ether oxygens (including phenoxy) is 3. The lowest BCUT2D eigenvalue weighted by atomic mass is 10.1. The van der Waals surface area contributed by atoms with Crippen molar-refractivity contribution in [3.63, 3.8) is 0 Å². The number of nitro groups is 1. The fraction of sp³-hybridized carbons (Fsp3) is 0.593. The molecule has 1 unspecified atom stereocenters. The minimum atomic E-state index is -1.04. The Kier molecular flexibility index (Phi) is 7.15. The minimum Gasteiger partial charge on any atom is -0.443 e. The second-order valence-electron chi connectivity index (χ2n) is 12.1. The molecule has 1 aromatic carbocycles. The predicted molar refractivity (Wildman–Crippen MR) is 141 cm³/mol. The van der Waals surface area contributed by atoms with Crippen LogP contribution in [0.25, 0.3) is 0 Å². The molecule has 0 spiro atoms. The van der Waals surface area contributed by atoms with Gasteiger partial charge < -0.3 is 24.6 Å². The molecule has 2 saturated carbocycles. The molecule has 41 heavy (non-hydrogen) atoms. The van der Waals surface area contributed by atoms with Crippen LogP contribution in [0.3, 0.4) is 0 Å². The molecule has 1 aromatic heterocycles. The summed E-state index contributed by atoms with van der Waals surface area (Å²) >= 11 is 0. The van der Waals surface area contributed by atoms with Crippen LogP contribution in [-0.2, 0) is 14.2 Å². The molecule has 1 amide bonds. The van der Waals surface area contributed by atoms with Crippen molar-refractivity contribution in [2.45, 2.75) is 102 Å². The van der Waals surface area contributed by atoms with Crippen LogP contribution in [0.1, 0.15) is 64.8 Å². The van der Waals surface area contributed by atoms with Crippen molar-refractivity contribution in [3.8, 4) is 0 Å². The molecule has 1 saturated heterocycles. The lowest BCUT2D eigenvalue weighted by Crippen LogP contribution is -2.40. The second kappa shape index (κ2) is 10.1. The van der Waals surface area contributed by atoms with Crippen LogP contribution < -0.4 is 10.2 Å². The van der Waals surface area contributed by atoms with Gasteiger partial charge in [-0.25, -0.2) is 23.5 Å². The molecular weight excluding hydrogens is 544 g/mol. The predicted octanol–water partition coefficient (Wildman–Crippen LogP) is 4.33. The molecule has 2 aliphatic carbocycles. The molecule has 1 aliphatic heterocycles. The third-order valence-corrected chi connectivity index (χ3v) is 7.20. The van der Waals surface area contributed by atoms with Gasteiger partial charge in [0.15, 0.2) is 17.4 Å². The zero-order valence-corrected chi connectivity index (χ0v) is 23.6. The molecular formula is C27H33F2N5O7. The molecule has 3 aliphatic rings. The summed E-state index contributed by atoms with van der Waals surface area (Å²) in [4.78, 5) is 35.0. The Morgan fingerprint density at radius 2 is 1.88 bits per heavy atom. The maximum atomic E-state index is 14.0. The highest BCUT2D eigenvalue weighted by atomic mass is 19.2. The molecule has 14 heteroatoms. The zero-order chi connectivity index (χ0) is 30.0. The first kappa shape index (κ1) is 29.0. The van der Waals surface area contributed by atoms with Crippen LogP contribution in [0, 0.1) is 28.7 Å². The summed E-state index contributed by atoms with van der Waals surface area (Å²) in [5.74, 6) is -3.77. The summed E-state index contributed by atoms with van der Waals surface area (Å²) in [6.45, 7) is 9.91. The minimum absolute atomic E-state index is 0.130. The van der Waals surface area contributed by atoms with Gasteiger partial charge in [-0.1, -0.05) is 6.07 Å². The number of nitrogens with zero attached hydrogens (tertiary/aromatic N) is 4. The number of rotatable bonds is 6. The number of nitrogens with one attached hydrogen (secondary N) is 1. The Labute approximate surface area is 235 Å².